The molecule has 2 fully saturated rings. The second-order valence-electron chi connectivity index (χ2n) is 13.2. The number of hydrogen-bond acceptors (Lipinski definition) is 7. The van der Waals surface area contributed by atoms with Crippen molar-refractivity contribution in [3.63, 3.8) is 0 Å². The second kappa shape index (κ2) is 12.9. The first-order chi connectivity index (χ1) is 21.5. The average Bonchev–Trinajstić information content (AvgIpc) is 3.02. The van der Waals surface area contributed by atoms with Crippen molar-refractivity contribution < 1.29 is 17.2 Å². The van der Waals surface area contributed by atoms with Crippen molar-refractivity contribution in [3.05, 3.63) is 75.2 Å². The summed E-state index contributed by atoms with van der Waals surface area (Å²) in [5.74, 6) is -3.67. The van der Waals surface area contributed by atoms with Gasteiger partial charge in [-0.25, -0.2) is 17.2 Å². The molecule has 0 unspecified atom stereocenters. The fourth-order valence-electron chi connectivity index (χ4n) is 7.21. The summed E-state index contributed by atoms with van der Waals surface area (Å²) in [6, 6.07) is 8.21. The van der Waals surface area contributed by atoms with Gasteiger partial charge in [0.05, 0.1) is 23.4 Å². The number of pyridine rings is 1. The quantitative estimate of drug-likeness (QED) is 0.317. The number of sulfone groups is 1. The number of anilines is 1. The second-order valence-corrected chi connectivity index (χ2v) is 15.5. The van der Waals surface area contributed by atoms with E-state index in [0.29, 0.717) is 67.6 Å². The number of alkyl halides is 2. The lowest BCUT2D eigenvalue weighted by Crippen LogP contribution is -2.40. The minimum Gasteiger partial charge on any atom is -0.377 e. The monoisotopic (exact) mass is 639 g/mol. The van der Waals surface area contributed by atoms with Crippen molar-refractivity contribution in [2.75, 3.05) is 36.5 Å². The van der Waals surface area contributed by atoms with E-state index in [1.165, 1.54) is 11.6 Å². The maximum atomic E-state index is 15.9. The molecule has 4 aliphatic heterocycles. The van der Waals surface area contributed by atoms with Gasteiger partial charge in [0.1, 0.15) is 9.84 Å². The first kappa shape index (κ1) is 31.8. The molecule has 7 rings (SSSR count). The number of nitrogens with one attached hydrogen (secondary N) is 1. The number of halogens is 2. The van der Waals surface area contributed by atoms with E-state index in [9.17, 15) is 13.2 Å². The molecule has 4 aliphatic rings. The first-order valence-corrected chi connectivity index (χ1v) is 18.1. The van der Waals surface area contributed by atoms with E-state index in [1.54, 1.807) is 22.9 Å². The van der Waals surface area contributed by atoms with Crippen LogP contribution in [-0.4, -0.2) is 59.2 Å². The number of rotatable bonds is 1. The minimum absolute atomic E-state index is 0.0372. The normalized spacial score (nSPS) is 27.3. The highest BCUT2D eigenvalue weighted by Crippen LogP contribution is 2.42. The first-order valence-electron chi connectivity index (χ1n) is 16.2. The molecule has 0 saturated carbocycles. The molecule has 0 aliphatic carbocycles. The summed E-state index contributed by atoms with van der Waals surface area (Å²) in [7, 11) is -3.10. The van der Waals surface area contributed by atoms with Crippen molar-refractivity contribution in [2.45, 2.75) is 83.2 Å². The Kier molecular flexibility index (Phi) is 9.12. The van der Waals surface area contributed by atoms with E-state index < -0.39 is 21.7 Å². The highest BCUT2D eigenvalue weighted by atomic mass is 32.2. The maximum absolute atomic E-state index is 15.9. The molecule has 3 aromatic rings. The molecule has 0 amide bonds. The molecule has 1 atom stereocenters. The molecule has 8 bridgehead atoms. The Bertz CT molecular complexity index is 1730. The Labute approximate surface area is 263 Å². The van der Waals surface area contributed by atoms with Gasteiger partial charge in [0.25, 0.3) is 11.5 Å². The largest absolute Gasteiger partial charge is 0.377 e. The number of benzene rings is 1. The van der Waals surface area contributed by atoms with Crippen LogP contribution in [0.5, 0.6) is 0 Å². The summed E-state index contributed by atoms with van der Waals surface area (Å²) in [5.41, 5.74) is 3.57. The number of fused-ring (bicyclic) bond motifs is 8. The van der Waals surface area contributed by atoms with Crippen LogP contribution in [0.25, 0.3) is 11.0 Å². The highest BCUT2D eigenvalue weighted by Gasteiger charge is 2.42. The van der Waals surface area contributed by atoms with Crippen LogP contribution in [0.3, 0.4) is 0 Å². The molecule has 45 heavy (non-hydrogen) atoms. The summed E-state index contributed by atoms with van der Waals surface area (Å²) in [5, 5.41) is 12.8. The molecule has 1 N–H and O–H groups in total. The zero-order valence-electron chi connectivity index (χ0n) is 26.1. The zero-order chi connectivity index (χ0) is 31.8. The number of hydrogen-bond donors (Lipinski definition) is 1. The maximum Gasteiger partial charge on any atom is 0.276 e. The fourth-order valence-corrected chi connectivity index (χ4v) is 8.70. The van der Waals surface area contributed by atoms with Crippen molar-refractivity contribution in [1.82, 2.24) is 19.7 Å². The molecule has 2 aromatic heterocycles. The van der Waals surface area contributed by atoms with Gasteiger partial charge in [-0.1, -0.05) is 29.8 Å². The molecule has 11 heteroatoms. The third kappa shape index (κ3) is 6.84. The van der Waals surface area contributed by atoms with Gasteiger partial charge in [-0.2, -0.15) is 5.10 Å². The Hall–Kier alpha value is -3.18. The third-order valence-electron chi connectivity index (χ3n) is 9.96. The number of allylic oxidation sites excluding steroid dienone is 1. The van der Waals surface area contributed by atoms with E-state index >= 15 is 8.78 Å². The van der Waals surface area contributed by atoms with Crippen molar-refractivity contribution in [3.8, 4) is 0 Å². The minimum atomic E-state index is -3.10. The predicted octanol–water partition coefficient (Wildman–Crippen LogP) is 6.19. The summed E-state index contributed by atoms with van der Waals surface area (Å²) >= 11 is 0. The molecule has 2 saturated heterocycles. The smallest absolute Gasteiger partial charge is 0.276 e. The predicted molar refractivity (Wildman–Crippen MR) is 174 cm³/mol. The van der Waals surface area contributed by atoms with Gasteiger partial charge in [-0.15, -0.1) is 5.10 Å². The molecule has 6 heterocycles. The van der Waals surface area contributed by atoms with Gasteiger partial charge in [0.15, 0.2) is 5.65 Å². The lowest BCUT2D eigenvalue weighted by Gasteiger charge is -2.36. The summed E-state index contributed by atoms with van der Waals surface area (Å²) in [6.45, 7) is 6.58. The van der Waals surface area contributed by atoms with Crippen LogP contribution in [-0.2, 0) is 22.3 Å². The van der Waals surface area contributed by atoms with Gasteiger partial charge in [0, 0.05) is 41.6 Å². The van der Waals surface area contributed by atoms with Crippen LogP contribution in [0.2, 0.25) is 0 Å². The van der Waals surface area contributed by atoms with Gasteiger partial charge in [-0.05, 0) is 95.5 Å². The summed E-state index contributed by atoms with van der Waals surface area (Å²) < 4.78 is 57.8. The Balaban J connectivity index is 1.41. The van der Waals surface area contributed by atoms with Crippen molar-refractivity contribution >= 4 is 26.6 Å². The molecule has 0 spiro atoms. The van der Waals surface area contributed by atoms with E-state index in [-0.39, 0.29) is 34.6 Å². The number of nitrogens with zero attached hydrogens (tertiary/aromatic N) is 4. The highest BCUT2D eigenvalue weighted by molar-refractivity contribution is 7.91. The molecule has 242 valence electrons. The molecule has 0 radical (unpaired) electrons. The van der Waals surface area contributed by atoms with Crippen LogP contribution in [0.1, 0.15) is 87.4 Å². The Morgan fingerprint density at radius 2 is 1.78 bits per heavy atom. The van der Waals surface area contributed by atoms with Crippen LogP contribution in [0.4, 0.5) is 14.5 Å². The van der Waals surface area contributed by atoms with Crippen LogP contribution in [0, 0.1) is 5.92 Å². The van der Waals surface area contributed by atoms with Gasteiger partial charge >= 0.3 is 0 Å². The van der Waals surface area contributed by atoms with E-state index in [2.05, 4.69) is 33.4 Å². The number of aromatic nitrogens is 3. The van der Waals surface area contributed by atoms with Gasteiger partial charge < -0.3 is 5.32 Å². The Morgan fingerprint density at radius 1 is 1.02 bits per heavy atom. The molecular formula is C34H43F2N5O3S. The summed E-state index contributed by atoms with van der Waals surface area (Å²) in [4.78, 5) is 16.2. The topological polar surface area (TPSA) is 97.2 Å². The molecular weight excluding hydrogens is 596 g/mol. The molecule has 1 aromatic carbocycles. The third-order valence-corrected chi connectivity index (χ3v) is 11.7. The van der Waals surface area contributed by atoms with Crippen LogP contribution >= 0.6 is 0 Å². The van der Waals surface area contributed by atoms with E-state index in [1.807, 2.05) is 19.1 Å². The standard InChI is InChI=1S/C34H43F2N5O3S/c1-23-7-4-3-5-14-41-32-30(20-29(33(41)42)25-12-17-45(43,44)18-13-25)31(21-37-39-32)38-24(2)26-8-6-9-28(19-26)34(35,36)27-10-15-40(22-23)16-11-27/h6-9,19-21,24-25,27,38H,3-5,10-18,22H2,1-2H3/b23-7+/t24-/m1/s1. The summed E-state index contributed by atoms with van der Waals surface area (Å²) in [6.07, 6.45) is 8.06. The fraction of sp³-hybridized carbons (Fsp3) is 0.559. The number of aryl methyl sites for hydroxylation is 1. The molecule has 8 nitrogen and oxygen atoms in total. The van der Waals surface area contributed by atoms with Gasteiger partial charge in [0.2, 0.25) is 0 Å². The van der Waals surface area contributed by atoms with E-state index in [0.717, 1.165) is 31.4 Å². The zero-order valence-corrected chi connectivity index (χ0v) is 27.0. The lowest BCUT2D eigenvalue weighted by atomic mass is 9.85. The Morgan fingerprint density at radius 3 is 2.53 bits per heavy atom. The lowest BCUT2D eigenvalue weighted by molar-refractivity contribution is -0.0848. The average molecular weight is 640 g/mol. The number of piperidine rings is 1. The SMILES string of the molecule is C/C1=C\CCCCn2c(=O)c(C3CCS(=O)(=O)CC3)cc3c(cnnc32)N[C@H](C)c2cccc(c2)C(F)(F)C2CCN(CC2)C1. The van der Waals surface area contributed by atoms with Crippen LogP contribution in [0.15, 0.2) is 53.0 Å². The van der Waals surface area contributed by atoms with Crippen LogP contribution < -0.4 is 10.9 Å². The van der Waals surface area contributed by atoms with E-state index in [4.69, 9.17) is 0 Å². The van der Waals surface area contributed by atoms with Gasteiger partial charge in [-0.3, -0.25) is 14.3 Å². The van der Waals surface area contributed by atoms with Crippen molar-refractivity contribution in [2.24, 2.45) is 5.92 Å². The van der Waals surface area contributed by atoms with Crippen molar-refractivity contribution in [1.29, 1.82) is 0 Å².